The van der Waals surface area contributed by atoms with Crippen LogP contribution in [0.3, 0.4) is 0 Å². The standard InChI is InChI=1S/C42H32N2/c1-2-11-37(43-39-16-7-3-12-31(39)20-21-32-13-4-8-17-40(32)43)28-30-26-35-24-25-38(29-36(35)27-30)44-41-18-9-5-14-33(41)22-23-34-15-6-10-19-42(34)44/h2-25,28-29H,1,26-27H2. The van der Waals surface area contributed by atoms with E-state index in [1.165, 1.54) is 67.4 Å². The van der Waals surface area contributed by atoms with E-state index < -0.39 is 0 Å². The summed E-state index contributed by atoms with van der Waals surface area (Å²) in [5.41, 5.74) is 16.1. The van der Waals surface area contributed by atoms with E-state index in [1.54, 1.807) is 0 Å². The van der Waals surface area contributed by atoms with Crippen LogP contribution in [0.15, 0.2) is 151 Å². The number of para-hydroxylation sites is 4. The van der Waals surface area contributed by atoms with Gasteiger partial charge in [0, 0.05) is 11.4 Å². The number of benzene rings is 5. The largest absolute Gasteiger partial charge is 0.309 e. The lowest BCUT2D eigenvalue weighted by Crippen LogP contribution is -2.17. The molecule has 0 amide bonds. The van der Waals surface area contributed by atoms with Crippen molar-refractivity contribution in [2.24, 2.45) is 0 Å². The molecule has 0 radical (unpaired) electrons. The molecule has 0 fully saturated rings. The SMILES string of the molecule is C=CC=C(C=C1Cc2ccc(N3c4ccccc4C=Cc4ccccc43)cc2C1)N1c2ccccc2C=Cc2ccccc21. The predicted octanol–water partition coefficient (Wildman–Crippen LogP) is 11.1. The molecule has 0 atom stereocenters. The van der Waals surface area contributed by atoms with Crippen molar-refractivity contribution in [2.45, 2.75) is 12.8 Å². The molecule has 3 aliphatic rings. The summed E-state index contributed by atoms with van der Waals surface area (Å²) in [7, 11) is 0. The summed E-state index contributed by atoms with van der Waals surface area (Å²) in [4.78, 5) is 4.79. The first-order valence-electron chi connectivity index (χ1n) is 15.2. The highest BCUT2D eigenvalue weighted by Crippen LogP contribution is 2.44. The van der Waals surface area contributed by atoms with Crippen LogP contribution in [0.4, 0.5) is 28.4 Å². The highest BCUT2D eigenvalue weighted by atomic mass is 15.2. The fourth-order valence-electron chi connectivity index (χ4n) is 6.76. The number of allylic oxidation sites excluding steroid dienone is 4. The maximum atomic E-state index is 4.09. The van der Waals surface area contributed by atoms with Crippen molar-refractivity contribution < 1.29 is 0 Å². The van der Waals surface area contributed by atoms with E-state index >= 15 is 0 Å². The zero-order chi connectivity index (χ0) is 29.5. The maximum Gasteiger partial charge on any atom is 0.0534 e. The summed E-state index contributed by atoms with van der Waals surface area (Å²) in [6.45, 7) is 4.09. The monoisotopic (exact) mass is 564 g/mol. The Bertz CT molecular complexity index is 1960. The lowest BCUT2D eigenvalue weighted by molar-refractivity contribution is 1.13. The van der Waals surface area contributed by atoms with Gasteiger partial charge < -0.3 is 9.80 Å². The third-order valence-electron chi connectivity index (χ3n) is 8.78. The summed E-state index contributed by atoms with van der Waals surface area (Å²) in [5.74, 6) is 0. The Hall–Kier alpha value is -5.60. The molecule has 210 valence electrons. The first-order chi connectivity index (χ1) is 21.8. The predicted molar refractivity (Wildman–Crippen MR) is 188 cm³/mol. The number of hydrogen-bond acceptors (Lipinski definition) is 2. The molecule has 0 saturated heterocycles. The first kappa shape index (κ1) is 26.1. The summed E-state index contributed by atoms with van der Waals surface area (Å²) in [5, 5.41) is 0. The third kappa shape index (κ3) is 4.53. The van der Waals surface area contributed by atoms with Crippen LogP contribution in [0, 0.1) is 0 Å². The fraction of sp³-hybridized carbons (Fsp3) is 0.0476. The van der Waals surface area contributed by atoms with Crippen LogP contribution in [0.25, 0.3) is 24.3 Å². The average molecular weight is 565 g/mol. The van der Waals surface area contributed by atoms with Gasteiger partial charge in [0.05, 0.1) is 22.7 Å². The Morgan fingerprint density at radius 3 is 1.57 bits per heavy atom. The molecule has 8 rings (SSSR count). The van der Waals surface area contributed by atoms with Gasteiger partial charge in [-0.3, -0.25) is 0 Å². The van der Waals surface area contributed by atoms with E-state index in [0.29, 0.717) is 0 Å². The minimum atomic E-state index is 0.919. The van der Waals surface area contributed by atoms with Crippen molar-refractivity contribution >= 4 is 52.7 Å². The van der Waals surface area contributed by atoms with Crippen LogP contribution < -0.4 is 9.80 Å². The van der Waals surface area contributed by atoms with Crippen molar-refractivity contribution in [3.8, 4) is 0 Å². The van der Waals surface area contributed by atoms with E-state index in [2.05, 4.69) is 168 Å². The Kier molecular flexibility index (Phi) is 6.46. The Balaban J connectivity index is 1.18. The normalized spacial score (nSPS) is 15.5. The number of fused-ring (bicyclic) bond motifs is 5. The summed E-state index contributed by atoms with van der Waals surface area (Å²) < 4.78 is 0. The molecule has 2 heterocycles. The van der Waals surface area contributed by atoms with Crippen LogP contribution >= 0.6 is 0 Å². The number of hydrogen-bond donors (Lipinski definition) is 0. The van der Waals surface area contributed by atoms with Gasteiger partial charge in [0.15, 0.2) is 0 Å². The van der Waals surface area contributed by atoms with Gasteiger partial charge in [-0.2, -0.15) is 0 Å². The van der Waals surface area contributed by atoms with Crippen LogP contribution in [0.5, 0.6) is 0 Å². The van der Waals surface area contributed by atoms with Crippen LogP contribution in [0.1, 0.15) is 33.4 Å². The molecule has 1 aliphatic carbocycles. The molecule has 0 spiro atoms. The minimum Gasteiger partial charge on any atom is -0.309 e. The number of rotatable bonds is 4. The van der Waals surface area contributed by atoms with E-state index in [1.807, 2.05) is 6.08 Å². The van der Waals surface area contributed by atoms with Gasteiger partial charge >= 0.3 is 0 Å². The molecule has 5 aromatic rings. The second-order valence-electron chi connectivity index (χ2n) is 11.5. The van der Waals surface area contributed by atoms with Crippen molar-refractivity contribution in [1.82, 2.24) is 0 Å². The molecule has 0 unspecified atom stereocenters. The summed E-state index contributed by atoms with van der Waals surface area (Å²) in [6, 6.07) is 41.6. The first-order valence-corrected chi connectivity index (χ1v) is 15.2. The summed E-state index contributed by atoms with van der Waals surface area (Å²) in [6.07, 6.45) is 17.2. The topological polar surface area (TPSA) is 6.48 Å². The molecule has 0 bridgehead atoms. The number of nitrogens with zero attached hydrogens (tertiary/aromatic N) is 2. The molecule has 2 nitrogen and oxygen atoms in total. The van der Waals surface area contributed by atoms with Crippen molar-refractivity contribution in [1.29, 1.82) is 0 Å². The Labute approximate surface area is 259 Å². The molecule has 5 aromatic carbocycles. The zero-order valence-corrected chi connectivity index (χ0v) is 24.5. The van der Waals surface area contributed by atoms with Gasteiger partial charge in [-0.15, -0.1) is 0 Å². The van der Waals surface area contributed by atoms with Crippen molar-refractivity contribution in [3.05, 3.63) is 185 Å². The van der Waals surface area contributed by atoms with Crippen molar-refractivity contribution in [3.63, 3.8) is 0 Å². The third-order valence-corrected chi connectivity index (χ3v) is 8.78. The van der Waals surface area contributed by atoms with Gasteiger partial charge in [0.1, 0.15) is 0 Å². The molecule has 0 aromatic heterocycles. The Morgan fingerprint density at radius 1 is 0.545 bits per heavy atom. The van der Waals surface area contributed by atoms with E-state index in [4.69, 9.17) is 0 Å². The van der Waals surface area contributed by atoms with E-state index in [0.717, 1.165) is 18.5 Å². The zero-order valence-electron chi connectivity index (χ0n) is 24.5. The maximum absolute atomic E-state index is 4.09. The van der Waals surface area contributed by atoms with E-state index in [-0.39, 0.29) is 0 Å². The molecule has 44 heavy (non-hydrogen) atoms. The van der Waals surface area contributed by atoms with Crippen LogP contribution in [-0.2, 0) is 12.8 Å². The van der Waals surface area contributed by atoms with Crippen LogP contribution in [-0.4, -0.2) is 0 Å². The van der Waals surface area contributed by atoms with Gasteiger partial charge in [0.25, 0.3) is 0 Å². The minimum absolute atomic E-state index is 0.919. The van der Waals surface area contributed by atoms with Crippen molar-refractivity contribution in [2.75, 3.05) is 9.80 Å². The lowest BCUT2D eigenvalue weighted by Gasteiger charge is -2.28. The van der Waals surface area contributed by atoms with Gasteiger partial charge in [0.2, 0.25) is 0 Å². The molecule has 0 N–H and O–H groups in total. The highest BCUT2D eigenvalue weighted by molar-refractivity contribution is 5.94. The van der Waals surface area contributed by atoms with Gasteiger partial charge in [-0.05, 0) is 94.8 Å². The number of anilines is 5. The second-order valence-corrected chi connectivity index (χ2v) is 11.5. The van der Waals surface area contributed by atoms with Gasteiger partial charge in [-0.25, -0.2) is 0 Å². The molecule has 2 aliphatic heterocycles. The second kappa shape index (κ2) is 10.9. The molecule has 2 heteroatoms. The molecular formula is C42H32N2. The highest BCUT2D eigenvalue weighted by Gasteiger charge is 2.24. The lowest BCUT2D eigenvalue weighted by atomic mass is 10.1. The fourth-order valence-corrected chi connectivity index (χ4v) is 6.76. The molecular weight excluding hydrogens is 532 g/mol. The molecule has 0 saturated carbocycles. The quantitative estimate of drug-likeness (QED) is 0.197. The van der Waals surface area contributed by atoms with Gasteiger partial charge in [-0.1, -0.05) is 121 Å². The average Bonchev–Trinajstić information content (AvgIpc) is 3.28. The summed E-state index contributed by atoms with van der Waals surface area (Å²) >= 11 is 0. The van der Waals surface area contributed by atoms with E-state index in [9.17, 15) is 0 Å². The van der Waals surface area contributed by atoms with Crippen LogP contribution in [0.2, 0.25) is 0 Å². The Morgan fingerprint density at radius 2 is 1.02 bits per heavy atom. The smallest absolute Gasteiger partial charge is 0.0534 e.